The molecular formula is C14H18N4O. The predicted octanol–water partition coefficient (Wildman–Crippen LogP) is 1.60. The van der Waals surface area contributed by atoms with E-state index in [-0.39, 0.29) is 0 Å². The van der Waals surface area contributed by atoms with Gasteiger partial charge in [-0.15, -0.1) is 0 Å². The van der Waals surface area contributed by atoms with Crippen molar-refractivity contribution < 1.29 is 4.74 Å². The molecule has 1 saturated heterocycles. The zero-order valence-corrected chi connectivity index (χ0v) is 10.8. The van der Waals surface area contributed by atoms with E-state index in [1.54, 1.807) is 6.20 Å². The predicted molar refractivity (Wildman–Crippen MR) is 72.5 cm³/mol. The summed E-state index contributed by atoms with van der Waals surface area (Å²) in [7, 11) is 0. The second-order valence-electron chi connectivity index (χ2n) is 4.87. The number of pyridine rings is 1. The minimum atomic E-state index is 0.647. The van der Waals surface area contributed by atoms with Crippen LogP contribution in [-0.4, -0.2) is 34.9 Å². The Kier molecular flexibility index (Phi) is 3.86. The fourth-order valence-electron chi connectivity index (χ4n) is 2.36. The summed E-state index contributed by atoms with van der Waals surface area (Å²) in [6, 6.07) is 3.97. The maximum absolute atomic E-state index is 5.37. The van der Waals surface area contributed by atoms with E-state index in [4.69, 9.17) is 4.74 Å². The molecule has 2 aromatic rings. The van der Waals surface area contributed by atoms with Crippen molar-refractivity contribution in [3.8, 4) is 11.3 Å². The van der Waals surface area contributed by atoms with E-state index in [0.29, 0.717) is 5.92 Å². The van der Waals surface area contributed by atoms with Crippen LogP contribution in [0, 0.1) is 5.92 Å². The lowest BCUT2D eigenvalue weighted by molar-refractivity contribution is 0.185. The molecule has 0 aliphatic carbocycles. The van der Waals surface area contributed by atoms with Crippen molar-refractivity contribution in [2.75, 3.05) is 19.8 Å². The Morgan fingerprint density at radius 1 is 1.42 bits per heavy atom. The molecule has 5 heteroatoms. The molecular weight excluding hydrogens is 240 g/mol. The normalized spacial score (nSPS) is 18.8. The van der Waals surface area contributed by atoms with E-state index in [2.05, 4.69) is 20.5 Å². The van der Waals surface area contributed by atoms with Crippen molar-refractivity contribution in [3.05, 3.63) is 36.3 Å². The Hall–Kier alpha value is -1.72. The van der Waals surface area contributed by atoms with Crippen LogP contribution >= 0.6 is 0 Å². The van der Waals surface area contributed by atoms with Crippen molar-refractivity contribution in [2.45, 2.75) is 13.0 Å². The summed E-state index contributed by atoms with van der Waals surface area (Å²) in [6.45, 7) is 3.60. The van der Waals surface area contributed by atoms with Gasteiger partial charge in [-0.1, -0.05) is 0 Å². The first kappa shape index (κ1) is 12.3. The molecule has 1 atom stereocenters. The molecule has 0 amide bonds. The van der Waals surface area contributed by atoms with Crippen LogP contribution in [-0.2, 0) is 11.3 Å². The van der Waals surface area contributed by atoms with Gasteiger partial charge in [0.25, 0.3) is 0 Å². The second-order valence-corrected chi connectivity index (χ2v) is 4.87. The van der Waals surface area contributed by atoms with Gasteiger partial charge in [0.1, 0.15) is 0 Å². The number of nitrogens with zero attached hydrogens (tertiary/aromatic N) is 2. The van der Waals surface area contributed by atoms with Gasteiger partial charge in [0.2, 0.25) is 0 Å². The lowest BCUT2D eigenvalue weighted by Gasteiger charge is -2.09. The molecule has 0 aromatic carbocycles. The Morgan fingerprint density at radius 2 is 2.42 bits per heavy atom. The van der Waals surface area contributed by atoms with Crippen LogP contribution in [0.3, 0.4) is 0 Å². The Morgan fingerprint density at radius 3 is 3.21 bits per heavy atom. The molecule has 0 unspecified atom stereocenters. The average Bonchev–Trinajstić information content (AvgIpc) is 3.11. The van der Waals surface area contributed by atoms with Gasteiger partial charge in [-0.3, -0.25) is 10.1 Å². The van der Waals surface area contributed by atoms with E-state index in [9.17, 15) is 0 Å². The summed E-state index contributed by atoms with van der Waals surface area (Å²) < 4.78 is 5.37. The summed E-state index contributed by atoms with van der Waals surface area (Å²) in [5.41, 5.74) is 3.29. The zero-order valence-electron chi connectivity index (χ0n) is 10.8. The van der Waals surface area contributed by atoms with Crippen LogP contribution < -0.4 is 5.32 Å². The first-order chi connectivity index (χ1) is 9.43. The minimum Gasteiger partial charge on any atom is -0.381 e. The number of hydrogen-bond donors (Lipinski definition) is 2. The SMILES string of the molecule is c1cncc(-c2[nH]ncc2CNC[C@@H]2CCOC2)c1. The first-order valence-electron chi connectivity index (χ1n) is 6.64. The summed E-state index contributed by atoms with van der Waals surface area (Å²) in [4.78, 5) is 4.14. The molecule has 5 nitrogen and oxygen atoms in total. The molecule has 0 saturated carbocycles. The van der Waals surface area contributed by atoms with Crippen LogP contribution in [0.1, 0.15) is 12.0 Å². The molecule has 3 rings (SSSR count). The number of H-pyrrole nitrogens is 1. The monoisotopic (exact) mass is 258 g/mol. The third-order valence-corrected chi connectivity index (χ3v) is 3.44. The van der Waals surface area contributed by atoms with Crippen LogP contribution in [0.15, 0.2) is 30.7 Å². The van der Waals surface area contributed by atoms with Gasteiger partial charge in [-0.05, 0) is 24.5 Å². The third kappa shape index (κ3) is 3.00. The molecule has 0 radical (unpaired) electrons. The molecule has 100 valence electrons. The van der Waals surface area contributed by atoms with E-state index < -0.39 is 0 Å². The number of ether oxygens (including phenoxy) is 1. The number of hydrogen-bond acceptors (Lipinski definition) is 4. The molecule has 1 fully saturated rings. The highest BCUT2D eigenvalue weighted by Crippen LogP contribution is 2.19. The molecule has 3 heterocycles. The van der Waals surface area contributed by atoms with Gasteiger partial charge < -0.3 is 10.1 Å². The molecule has 1 aliphatic rings. The summed E-state index contributed by atoms with van der Waals surface area (Å²) >= 11 is 0. The maximum Gasteiger partial charge on any atom is 0.0710 e. The quantitative estimate of drug-likeness (QED) is 0.855. The van der Waals surface area contributed by atoms with Crippen LogP contribution in [0.5, 0.6) is 0 Å². The van der Waals surface area contributed by atoms with Crippen molar-refractivity contribution >= 4 is 0 Å². The molecule has 19 heavy (non-hydrogen) atoms. The van der Waals surface area contributed by atoms with Gasteiger partial charge in [0, 0.05) is 43.2 Å². The van der Waals surface area contributed by atoms with E-state index in [1.165, 1.54) is 5.56 Å². The molecule has 0 bridgehead atoms. The van der Waals surface area contributed by atoms with Gasteiger partial charge in [-0.2, -0.15) is 5.10 Å². The molecule has 0 spiro atoms. The lowest BCUT2D eigenvalue weighted by atomic mass is 10.1. The number of nitrogens with one attached hydrogen (secondary N) is 2. The van der Waals surface area contributed by atoms with Crippen molar-refractivity contribution in [2.24, 2.45) is 5.92 Å². The van der Waals surface area contributed by atoms with Crippen LogP contribution in [0.25, 0.3) is 11.3 Å². The van der Waals surface area contributed by atoms with Crippen molar-refractivity contribution in [1.29, 1.82) is 0 Å². The Labute approximate surface area is 112 Å². The van der Waals surface area contributed by atoms with E-state index in [0.717, 1.165) is 44.0 Å². The number of aromatic amines is 1. The Bertz CT molecular complexity index is 505. The van der Waals surface area contributed by atoms with Crippen LogP contribution in [0.2, 0.25) is 0 Å². The standard InChI is InChI=1S/C14H18N4O/c1-2-12(7-15-4-1)14-13(9-17-18-14)8-16-6-11-3-5-19-10-11/h1-2,4,7,9,11,16H,3,5-6,8,10H2,(H,17,18)/t11-/m0/s1. The van der Waals surface area contributed by atoms with Crippen LogP contribution in [0.4, 0.5) is 0 Å². The van der Waals surface area contributed by atoms with Gasteiger partial charge >= 0.3 is 0 Å². The second kappa shape index (κ2) is 5.95. The molecule has 2 N–H and O–H groups in total. The average molecular weight is 258 g/mol. The summed E-state index contributed by atoms with van der Waals surface area (Å²) in [5, 5.41) is 10.7. The van der Waals surface area contributed by atoms with Gasteiger partial charge in [0.05, 0.1) is 18.5 Å². The third-order valence-electron chi connectivity index (χ3n) is 3.44. The largest absolute Gasteiger partial charge is 0.381 e. The van der Waals surface area contributed by atoms with E-state index >= 15 is 0 Å². The molecule has 1 aliphatic heterocycles. The van der Waals surface area contributed by atoms with E-state index in [1.807, 2.05) is 24.5 Å². The topological polar surface area (TPSA) is 62.8 Å². The summed E-state index contributed by atoms with van der Waals surface area (Å²) in [5.74, 6) is 0.647. The molecule has 2 aromatic heterocycles. The van der Waals surface area contributed by atoms with Gasteiger partial charge in [-0.25, -0.2) is 0 Å². The fourth-order valence-corrected chi connectivity index (χ4v) is 2.36. The number of rotatable bonds is 5. The smallest absolute Gasteiger partial charge is 0.0710 e. The van der Waals surface area contributed by atoms with Crippen molar-refractivity contribution in [3.63, 3.8) is 0 Å². The zero-order chi connectivity index (χ0) is 12.9. The highest BCUT2D eigenvalue weighted by atomic mass is 16.5. The Balaban J connectivity index is 1.61. The summed E-state index contributed by atoms with van der Waals surface area (Å²) in [6.07, 6.45) is 6.66. The highest BCUT2D eigenvalue weighted by molar-refractivity contribution is 5.61. The first-order valence-corrected chi connectivity index (χ1v) is 6.64. The highest BCUT2D eigenvalue weighted by Gasteiger charge is 2.15. The van der Waals surface area contributed by atoms with Gasteiger partial charge in [0.15, 0.2) is 0 Å². The minimum absolute atomic E-state index is 0.647. The lowest BCUT2D eigenvalue weighted by Crippen LogP contribution is -2.22. The fraction of sp³-hybridized carbons (Fsp3) is 0.429. The number of aromatic nitrogens is 3. The van der Waals surface area contributed by atoms with Crippen molar-refractivity contribution in [1.82, 2.24) is 20.5 Å². The maximum atomic E-state index is 5.37.